The third-order valence-electron chi connectivity index (χ3n) is 4.29. The summed E-state index contributed by atoms with van der Waals surface area (Å²) in [5.74, 6) is 1.48. The van der Waals surface area contributed by atoms with Gasteiger partial charge in [0.15, 0.2) is 0 Å². The summed E-state index contributed by atoms with van der Waals surface area (Å²) in [6.45, 7) is 8.49. The molecule has 0 bridgehead atoms. The minimum absolute atomic E-state index is 0.325. The molecule has 0 amide bonds. The molecule has 1 aromatic rings. The molecule has 0 aliphatic carbocycles. The van der Waals surface area contributed by atoms with Crippen molar-refractivity contribution in [2.24, 2.45) is 5.92 Å². The van der Waals surface area contributed by atoms with Crippen LogP contribution in [0.25, 0.3) is 0 Å². The van der Waals surface area contributed by atoms with Gasteiger partial charge < -0.3 is 14.8 Å². The summed E-state index contributed by atoms with van der Waals surface area (Å²) in [7, 11) is 1.72. The summed E-state index contributed by atoms with van der Waals surface area (Å²) in [5.41, 5.74) is 2.67. The Kier molecular flexibility index (Phi) is 5.44. The van der Waals surface area contributed by atoms with E-state index in [9.17, 15) is 0 Å². The number of hydrogen-bond acceptors (Lipinski definition) is 3. The van der Waals surface area contributed by atoms with Crippen LogP contribution in [-0.2, 0) is 4.74 Å². The van der Waals surface area contributed by atoms with Crippen LogP contribution < -0.4 is 10.1 Å². The second-order valence-electron chi connectivity index (χ2n) is 5.68. The molecular formula is C17H27NO2. The molecule has 3 heteroatoms. The highest BCUT2D eigenvalue weighted by Gasteiger charge is 2.33. The Morgan fingerprint density at radius 3 is 2.80 bits per heavy atom. The van der Waals surface area contributed by atoms with Gasteiger partial charge in [-0.15, -0.1) is 0 Å². The van der Waals surface area contributed by atoms with Gasteiger partial charge in [0.05, 0.1) is 13.2 Å². The highest BCUT2D eigenvalue weighted by atomic mass is 16.5. The van der Waals surface area contributed by atoms with Gasteiger partial charge in [-0.25, -0.2) is 0 Å². The molecule has 1 N–H and O–H groups in total. The molecule has 1 fully saturated rings. The van der Waals surface area contributed by atoms with Crippen LogP contribution in [0.5, 0.6) is 5.75 Å². The first-order valence-electron chi connectivity index (χ1n) is 7.67. The van der Waals surface area contributed by atoms with Gasteiger partial charge in [-0.1, -0.05) is 13.0 Å². The van der Waals surface area contributed by atoms with E-state index in [4.69, 9.17) is 9.47 Å². The predicted octanol–water partition coefficient (Wildman–Crippen LogP) is 3.47. The minimum Gasteiger partial charge on any atom is -0.497 e. The van der Waals surface area contributed by atoms with Crippen molar-refractivity contribution in [1.82, 2.24) is 5.32 Å². The standard InChI is InChI=1S/C17H27NO2/c1-5-9-18-17(16-8-10-20-13(16)3)15-7-6-14(19-4)11-12(15)2/h6-7,11,13,16-18H,5,8-10H2,1-4H3. The van der Waals surface area contributed by atoms with E-state index in [0.717, 1.165) is 31.7 Å². The number of methoxy groups -OCH3 is 1. The van der Waals surface area contributed by atoms with Crippen LogP contribution in [-0.4, -0.2) is 26.4 Å². The highest BCUT2D eigenvalue weighted by Crippen LogP contribution is 2.35. The third-order valence-corrected chi connectivity index (χ3v) is 4.29. The lowest BCUT2D eigenvalue weighted by Gasteiger charge is -2.29. The summed E-state index contributed by atoms with van der Waals surface area (Å²) in [4.78, 5) is 0. The van der Waals surface area contributed by atoms with E-state index in [2.05, 4.69) is 44.3 Å². The minimum atomic E-state index is 0.325. The van der Waals surface area contributed by atoms with Crippen molar-refractivity contribution in [2.45, 2.75) is 45.8 Å². The Balaban J connectivity index is 2.25. The fourth-order valence-corrected chi connectivity index (χ4v) is 3.10. The maximum absolute atomic E-state index is 5.77. The normalized spacial score (nSPS) is 23.8. The van der Waals surface area contributed by atoms with Crippen molar-refractivity contribution in [3.05, 3.63) is 29.3 Å². The third kappa shape index (κ3) is 3.33. The van der Waals surface area contributed by atoms with E-state index in [1.807, 2.05) is 0 Å². The van der Waals surface area contributed by atoms with Gasteiger partial charge in [0.2, 0.25) is 0 Å². The molecule has 1 aromatic carbocycles. The average molecular weight is 277 g/mol. The smallest absolute Gasteiger partial charge is 0.119 e. The van der Waals surface area contributed by atoms with E-state index in [-0.39, 0.29) is 0 Å². The van der Waals surface area contributed by atoms with Crippen molar-refractivity contribution >= 4 is 0 Å². The molecule has 0 aromatic heterocycles. The molecule has 1 aliphatic heterocycles. The fourth-order valence-electron chi connectivity index (χ4n) is 3.10. The van der Waals surface area contributed by atoms with E-state index >= 15 is 0 Å². The Bertz CT molecular complexity index is 433. The zero-order valence-electron chi connectivity index (χ0n) is 13.1. The van der Waals surface area contributed by atoms with Gasteiger partial charge in [-0.3, -0.25) is 0 Å². The Labute approximate surface area is 122 Å². The second kappa shape index (κ2) is 7.09. The first kappa shape index (κ1) is 15.3. The van der Waals surface area contributed by atoms with Crippen molar-refractivity contribution in [2.75, 3.05) is 20.3 Å². The Hall–Kier alpha value is -1.06. The summed E-state index contributed by atoms with van der Waals surface area (Å²) in [6.07, 6.45) is 2.60. The number of aryl methyl sites for hydroxylation is 1. The molecule has 3 unspecified atom stereocenters. The summed E-state index contributed by atoms with van der Waals surface area (Å²) < 4.78 is 11.1. The van der Waals surface area contributed by atoms with Crippen molar-refractivity contribution in [3.8, 4) is 5.75 Å². The molecular weight excluding hydrogens is 250 g/mol. The first-order valence-corrected chi connectivity index (χ1v) is 7.67. The van der Waals surface area contributed by atoms with Crippen molar-refractivity contribution in [3.63, 3.8) is 0 Å². The van der Waals surface area contributed by atoms with Gasteiger partial charge in [0.25, 0.3) is 0 Å². The maximum Gasteiger partial charge on any atom is 0.119 e. The molecule has 112 valence electrons. The summed E-state index contributed by atoms with van der Waals surface area (Å²) in [6, 6.07) is 6.75. The molecule has 3 nitrogen and oxygen atoms in total. The Morgan fingerprint density at radius 2 is 2.25 bits per heavy atom. The van der Waals surface area contributed by atoms with E-state index in [1.165, 1.54) is 11.1 Å². The molecule has 3 atom stereocenters. The zero-order chi connectivity index (χ0) is 14.5. The van der Waals surface area contributed by atoms with Crippen LogP contribution in [0.4, 0.5) is 0 Å². The van der Waals surface area contributed by atoms with E-state index < -0.39 is 0 Å². The van der Waals surface area contributed by atoms with Crippen LogP contribution in [0.1, 0.15) is 43.9 Å². The summed E-state index contributed by atoms with van der Waals surface area (Å²) >= 11 is 0. The van der Waals surface area contributed by atoms with Crippen LogP contribution >= 0.6 is 0 Å². The van der Waals surface area contributed by atoms with Crippen LogP contribution in [0.15, 0.2) is 18.2 Å². The molecule has 1 heterocycles. The number of hydrogen-bond donors (Lipinski definition) is 1. The molecule has 0 spiro atoms. The molecule has 0 radical (unpaired) electrons. The number of ether oxygens (including phenoxy) is 2. The van der Waals surface area contributed by atoms with Crippen LogP contribution in [0.3, 0.4) is 0 Å². The SMILES string of the molecule is CCCNC(c1ccc(OC)cc1C)C1CCOC1C. The zero-order valence-corrected chi connectivity index (χ0v) is 13.1. The topological polar surface area (TPSA) is 30.5 Å². The van der Waals surface area contributed by atoms with Crippen LogP contribution in [0, 0.1) is 12.8 Å². The van der Waals surface area contributed by atoms with Gasteiger partial charge in [-0.05, 0) is 56.5 Å². The second-order valence-corrected chi connectivity index (χ2v) is 5.68. The van der Waals surface area contributed by atoms with Gasteiger partial charge in [0.1, 0.15) is 5.75 Å². The van der Waals surface area contributed by atoms with Gasteiger partial charge >= 0.3 is 0 Å². The molecule has 1 aliphatic rings. The number of benzene rings is 1. The predicted molar refractivity (Wildman–Crippen MR) is 82.3 cm³/mol. The maximum atomic E-state index is 5.77. The number of rotatable bonds is 6. The number of nitrogens with one attached hydrogen (secondary N) is 1. The Morgan fingerprint density at radius 1 is 1.45 bits per heavy atom. The van der Waals surface area contributed by atoms with E-state index in [0.29, 0.717) is 18.1 Å². The summed E-state index contributed by atoms with van der Waals surface area (Å²) in [5, 5.41) is 3.72. The van der Waals surface area contributed by atoms with Gasteiger partial charge in [0, 0.05) is 18.6 Å². The lowest BCUT2D eigenvalue weighted by atomic mass is 9.86. The molecule has 20 heavy (non-hydrogen) atoms. The average Bonchev–Trinajstić information content (AvgIpc) is 2.87. The van der Waals surface area contributed by atoms with E-state index in [1.54, 1.807) is 7.11 Å². The molecule has 1 saturated heterocycles. The lowest BCUT2D eigenvalue weighted by molar-refractivity contribution is 0.0953. The van der Waals surface area contributed by atoms with Crippen LogP contribution in [0.2, 0.25) is 0 Å². The quantitative estimate of drug-likeness (QED) is 0.863. The fraction of sp³-hybridized carbons (Fsp3) is 0.647. The van der Waals surface area contributed by atoms with Gasteiger partial charge in [-0.2, -0.15) is 0 Å². The van der Waals surface area contributed by atoms with Crippen molar-refractivity contribution < 1.29 is 9.47 Å². The molecule has 0 saturated carbocycles. The first-order chi connectivity index (χ1) is 9.67. The molecule has 2 rings (SSSR count). The lowest BCUT2D eigenvalue weighted by Crippen LogP contribution is -2.33. The van der Waals surface area contributed by atoms with Crippen molar-refractivity contribution in [1.29, 1.82) is 0 Å². The largest absolute Gasteiger partial charge is 0.497 e. The highest BCUT2D eigenvalue weighted by molar-refractivity contribution is 5.37. The monoisotopic (exact) mass is 277 g/mol.